The normalized spacial score (nSPS) is 20.1. The summed E-state index contributed by atoms with van der Waals surface area (Å²) >= 11 is 5.47. The SMILES string of the molecule is CC1CCCO1.COc1cc(C2=C(c3cc(C=O)sc3C)C(F)(F)C(F)(F)C2(F)F)c(C)s1.Cc1sc(CO)cc1C1=C(c2cc(CO)sc2C)C(F)(F)C(F)(F)C1(F)F.Cc1sccc1C1=C(c2ccsc2C)C(F)(F)C(F)(F)C1(F)F.O=[N+]([O-])c1ccccc1.[B].[H-].[Na+]. The second kappa shape index (κ2) is 29.3. The molecule has 8 nitrogen and oxygen atoms in total. The van der Waals surface area contributed by atoms with Gasteiger partial charge in [-0.2, -0.15) is 79.0 Å². The molecule has 4 aliphatic rings. The van der Waals surface area contributed by atoms with Crippen LogP contribution in [0.5, 0.6) is 5.06 Å². The number of allylic oxidation sites excluding steroid dienone is 6. The smallest absolute Gasteiger partial charge is 1.00 e. The Morgan fingerprint density at radius 3 is 1.13 bits per heavy atom. The van der Waals surface area contributed by atoms with E-state index in [9.17, 15) is 104 Å². The van der Waals surface area contributed by atoms with Crippen LogP contribution in [0.2, 0.25) is 0 Å². The fourth-order valence-electron chi connectivity index (χ4n) is 10.2. The van der Waals surface area contributed by atoms with Crippen LogP contribution in [0, 0.1) is 51.7 Å². The first-order valence-corrected chi connectivity index (χ1v) is 31.7. The molecule has 0 saturated carbocycles. The summed E-state index contributed by atoms with van der Waals surface area (Å²) in [5.74, 6) is -47.1. The number of aliphatic hydroxyl groups is 2. The molecule has 2 N–H and O–H groups in total. The van der Waals surface area contributed by atoms with Crippen molar-refractivity contribution in [2.24, 2.45) is 0 Å². The van der Waals surface area contributed by atoms with Crippen LogP contribution in [0.1, 0.15) is 103 Å². The molecule has 0 bridgehead atoms. The number of hydrogen-bond donors (Lipinski definition) is 2. The third-order valence-electron chi connectivity index (χ3n) is 14.9. The fourth-order valence-corrected chi connectivity index (χ4v) is 15.1. The number of para-hydroxylation sites is 1. The Morgan fingerprint density at radius 2 is 0.883 bits per heavy atom. The van der Waals surface area contributed by atoms with Gasteiger partial charge in [0.25, 0.3) is 5.69 Å². The first-order chi connectivity index (χ1) is 42.5. The average molecular weight is 1470 g/mol. The Balaban J connectivity index is 0.000000269. The predicted octanol–water partition coefficient (Wildman–Crippen LogP) is 17.1. The molecule has 1 atom stereocenters. The van der Waals surface area contributed by atoms with Crippen LogP contribution in [0.4, 0.5) is 84.7 Å². The van der Waals surface area contributed by atoms with Gasteiger partial charge in [-0.25, -0.2) is 0 Å². The minimum atomic E-state index is -5.62. The van der Waals surface area contributed by atoms with E-state index >= 15 is 0 Å². The van der Waals surface area contributed by atoms with E-state index in [1.807, 2.05) is 0 Å². The van der Waals surface area contributed by atoms with E-state index in [0.29, 0.717) is 22.1 Å². The van der Waals surface area contributed by atoms with Crippen LogP contribution < -0.4 is 34.3 Å². The van der Waals surface area contributed by atoms with E-state index in [2.05, 4.69) is 6.92 Å². The number of nitro groups is 1. The van der Waals surface area contributed by atoms with E-state index < -0.39 is 127 Å². The summed E-state index contributed by atoms with van der Waals surface area (Å²) < 4.78 is 269. The van der Waals surface area contributed by atoms with Crippen molar-refractivity contribution < 1.29 is 139 Å². The summed E-state index contributed by atoms with van der Waals surface area (Å²) in [6, 6.07) is 14.4. The van der Waals surface area contributed by atoms with Crippen molar-refractivity contribution >= 4 is 122 Å². The minimum Gasteiger partial charge on any atom is -1.00 e. The van der Waals surface area contributed by atoms with Crippen molar-refractivity contribution in [2.75, 3.05) is 13.7 Å². The van der Waals surface area contributed by atoms with Gasteiger partial charge in [-0.3, -0.25) is 14.9 Å². The number of methoxy groups -OCH3 is 1. The number of aliphatic hydroxyl groups excluding tert-OH is 2. The number of aldehydes is 1. The van der Waals surface area contributed by atoms with Gasteiger partial charge >= 0.3 is 82.9 Å². The van der Waals surface area contributed by atoms with Gasteiger partial charge in [0.05, 0.1) is 36.2 Å². The molecule has 3 radical (unpaired) electrons. The molecule has 94 heavy (non-hydrogen) atoms. The summed E-state index contributed by atoms with van der Waals surface area (Å²) in [5.41, 5.74) is -10.4. The molecule has 0 amide bonds. The number of alkyl halides is 18. The molecule has 505 valence electrons. The molecule has 34 heteroatoms. The monoisotopic (exact) mass is 1470 g/mol. The van der Waals surface area contributed by atoms with E-state index in [1.54, 1.807) is 18.2 Å². The third kappa shape index (κ3) is 13.9. The van der Waals surface area contributed by atoms with Crippen LogP contribution in [-0.4, -0.2) is 103 Å². The summed E-state index contributed by atoms with van der Waals surface area (Å²) in [5, 5.41) is 31.4. The molecule has 3 aliphatic carbocycles. The Hall–Kier alpha value is -4.81. The number of carbonyl (C=O) groups is 1. The zero-order chi connectivity index (χ0) is 69.0. The summed E-state index contributed by atoms with van der Waals surface area (Å²) in [4.78, 5) is 21.9. The topological polar surface area (TPSA) is 119 Å². The number of carbonyl (C=O) groups excluding carboxylic acids is 1. The molecular formula is C60H52BF18NNaO7S6. The molecule has 1 fully saturated rings. The maximum atomic E-state index is 14.6. The van der Waals surface area contributed by atoms with Gasteiger partial charge in [-0.1, -0.05) is 18.2 Å². The number of hydrogen-bond acceptors (Lipinski definition) is 13. The molecule has 7 heterocycles. The standard InChI is InChI=1S/C17H12F6O2S2.C17H14F6O2S2.C15H10F6S2.C6H5NO2.C5H10O.B.Na.H/c1-7-10(4-9(6-24)26-7)13-14(11-5-12(25-3)27-8(11)2)16(20,21)17(22,23)15(13,18)19;1-7-11(3-9(5-24)26-7)13-14(12-4-10(6-25)27-8(12)2)16(20,21)17(22,23)15(13,18)19;1-7-9(3-5-22-7)11-12(10-4-6-23-8(10)2)14(18,19)15(20,21)13(11,16)17;8-7(9)6-4-2-1-3-5-6;1-5-3-2-4-6-5;;;/h4-6H,1-3H3;3-4,24-25H,5-6H2,1-2H3;3-6H,1-2H3;1-5H;5H,2-4H2,1H3;;;/q;;;;;;+1;-1. The van der Waals surface area contributed by atoms with Gasteiger partial charge in [-0.15, -0.1) is 68.0 Å². The second-order valence-electron chi connectivity index (χ2n) is 20.8. The molecule has 11 rings (SSSR count). The van der Waals surface area contributed by atoms with E-state index in [0.717, 1.165) is 98.9 Å². The van der Waals surface area contributed by atoms with Crippen molar-refractivity contribution in [3.05, 3.63) is 165 Å². The van der Waals surface area contributed by atoms with Crippen LogP contribution >= 0.6 is 68.0 Å². The zero-order valence-corrected chi connectivity index (χ0v) is 57.3. The number of nitrogens with zero attached hydrogens (tertiary/aromatic N) is 1. The quantitative estimate of drug-likeness (QED) is 0.0435. The largest absolute Gasteiger partial charge is 1.00 e. The number of benzene rings is 1. The molecule has 0 spiro atoms. The molecular weight excluding hydrogens is 1410 g/mol. The maximum Gasteiger partial charge on any atom is 1.00 e. The van der Waals surface area contributed by atoms with E-state index in [4.69, 9.17) is 9.47 Å². The minimum absolute atomic E-state index is 0. The average Bonchev–Trinajstić information content (AvgIpc) is 1.55. The molecule has 6 aromatic heterocycles. The van der Waals surface area contributed by atoms with Gasteiger partial charge in [-0.05, 0) is 136 Å². The third-order valence-corrected chi connectivity index (χ3v) is 20.6. The van der Waals surface area contributed by atoms with Crippen LogP contribution in [0.25, 0.3) is 33.4 Å². The Labute approximate surface area is 574 Å². The number of aryl methyl sites for hydroxylation is 6. The van der Waals surface area contributed by atoms with Crippen molar-refractivity contribution in [2.45, 2.75) is 134 Å². The van der Waals surface area contributed by atoms with Crippen molar-refractivity contribution in [1.82, 2.24) is 0 Å². The number of nitro benzene ring substituents is 1. The number of rotatable bonds is 11. The van der Waals surface area contributed by atoms with E-state index in [-0.39, 0.29) is 95.4 Å². The van der Waals surface area contributed by atoms with E-state index in [1.165, 1.54) is 96.5 Å². The van der Waals surface area contributed by atoms with Gasteiger partial charge in [0.1, 0.15) is 0 Å². The van der Waals surface area contributed by atoms with Crippen molar-refractivity contribution in [1.29, 1.82) is 0 Å². The van der Waals surface area contributed by atoms with Gasteiger partial charge in [0, 0.05) is 105 Å². The Bertz CT molecular complexity index is 3840. The summed E-state index contributed by atoms with van der Waals surface area (Å²) in [6.45, 7) is 10.3. The zero-order valence-electron chi connectivity index (χ0n) is 51.4. The van der Waals surface area contributed by atoms with Crippen molar-refractivity contribution in [3.8, 4) is 5.06 Å². The second-order valence-corrected chi connectivity index (χ2v) is 28.2. The van der Waals surface area contributed by atoms with Gasteiger partial charge in [0.15, 0.2) is 11.3 Å². The molecule has 1 aromatic carbocycles. The number of thiophene rings is 6. The summed E-state index contributed by atoms with van der Waals surface area (Å²) in [6.07, 6.45) is 3.43. The Kier molecular flexibility index (Phi) is 24.9. The van der Waals surface area contributed by atoms with Gasteiger partial charge in [0.2, 0.25) is 0 Å². The van der Waals surface area contributed by atoms with Gasteiger partial charge < -0.3 is 21.1 Å². The predicted molar refractivity (Wildman–Crippen MR) is 328 cm³/mol. The molecule has 1 aliphatic heterocycles. The van der Waals surface area contributed by atoms with Crippen molar-refractivity contribution in [3.63, 3.8) is 0 Å². The number of non-ortho nitro benzene ring substituents is 1. The molecule has 1 saturated heterocycles. The number of ether oxygens (including phenoxy) is 2. The first kappa shape index (κ1) is 79.9. The van der Waals surface area contributed by atoms with Crippen LogP contribution in [0.15, 0.2) is 77.5 Å². The Morgan fingerprint density at radius 1 is 0.543 bits per heavy atom. The maximum absolute atomic E-state index is 14.6. The molecule has 1 unspecified atom stereocenters. The fraction of sp³-hybridized carbons (Fsp3) is 0.383. The first-order valence-electron chi connectivity index (χ1n) is 26.7. The van der Waals surface area contributed by atoms with Crippen LogP contribution in [-0.2, 0) is 18.0 Å². The number of halogens is 18. The molecule has 7 aromatic rings. The summed E-state index contributed by atoms with van der Waals surface area (Å²) in [7, 11) is 1.25. The van der Waals surface area contributed by atoms with Crippen LogP contribution in [0.3, 0.4) is 0 Å².